The Hall–Kier alpha value is -2.18. The molecule has 2 rings (SSSR count). The molecule has 0 unspecified atom stereocenters. The lowest BCUT2D eigenvalue weighted by Gasteiger charge is -2.08. The van der Waals surface area contributed by atoms with Crippen LogP contribution in [0.15, 0.2) is 30.3 Å². The van der Waals surface area contributed by atoms with Gasteiger partial charge in [-0.15, -0.1) is 0 Å². The van der Waals surface area contributed by atoms with E-state index in [0.717, 1.165) is 18.2 Å². The fraction of sp³-hybridized carbons (Fsp3) is 0. The zero-order chi connectivity index (χ0) is 15.6. The highest BCUT2D eigenvalue weighted by Gasteiger charge is 2.16. The van der Waals surface area contributed by atoms with Crippen molar-refractivity contribution in [2.24, 2.45) is 0 Å². The van der Waals surface area contributed by atoms with Crippen LogP contribution in [0.1, 0.15) is 20.8 Å². The maximum atomic E-state index is 13.7. The van der Waals surface area contributed by atoms with E-state index in [-0.39, 0.29) is 27.1 Å². The summed E-state index contributed by atoms with van der Waals surface area (Å²) in [4.78, 5) is 26.4. The molecule has 1 amide bonds. The molecule has 0 spiro atoms. The van der Waals surface area contributed by atoms with Crippen molar-refractivity contribution in [2.75, 3.05) is 5.32 Å². The molecule has 1 aromatic carbocycles. The standard InChI is InChI=1S/C13H7Cl2FN2O3/c14-7-2-4-10(15)18-11(7)12(19)17-9-3-1-6(13(20)21)5-8(9)16/h1-5H,(H,17,19)(H,20,21). The fourth-order valence-corrected chi connectivity index (χ4v) is 1.85. The topological polar surface area (TPSA) is 79.3 Å². The molecule has 0 aliphatic rings. The number of carbonyl (C=O) groups excluding carboxylic acids is 1. The van der Waals surface area contributed by atoms with Gasteiger partial charge >= 0.3 is 5.97 Å². The van der Waals surface area contributed by atoms with Gasteiger partial charge in [-0.25, -0.2) is 14.2 Å². The number of carboxylic acid groups (broad SMARTS) is 1. The van der Waals surface area contributed by atoms with E-state index in [2.05, 4.69) is 10.3 Å². The van der Waals surface area contributed by atoms with Crippen LogP contribution in [0.5, 0.6) is 0 Å². The zero-order valence-electron chi connectivity index (χ0n) is 10.2. The molecule has 5 nitrogen and oxygen atoms in total. The minimum atomic E-state index is -1.27. The van der Waals surface area contributed by atoms with Gasteiger partial charge in [0.05, 0.1) is 16.3 Å². The van der Waals surface area contributed by atoms with Crippen molar-refractivity contribution in [2.45, 2.75) is 0 Å². The van der Waals surface area contributed by atoms with E-state index in [1.165, 1.54) is 12.1 Å². The van der Waals surface area contributed by atoms with Crippen LogP contribution in [0.4, 0.5) is 10.1 Å². The Morgan fingerprint density at radius 2 is 1.90 bits per heavy atom. The Morgan fingerprint density at radius 3 is 2.52 bits per heavy atom. The summed E-state index contributed by atoms with van der Waals surface area (Å²) < 4.78 is 13.7. The third kappa shape index (κ3) is 3.48. The van der Waals surface area contributed by atoms with Crippen LogP contribution in [0.25, 0.3) is 0 Å². The quantitative estimate of drug-likeness (QED) is 0.845. The number of halogens is 3. The van der Waals surface area contributed by atoms with Crippen molar-refractivity contribution >= 4 is 40.8 Å². The number of amides is 1. The number of aromatic carboxylic acids is 1. The highest BCUT2D eigenvalue weighted by molar-refractivity contribution is 6.35. The fourth-order valence-electron chi connectivity index (χ4n) is 1.51. The molecule has 0 saturated heterocycles. The van der Waals surface area contributed by atoms with Crippen LogP contribution in [0.2, 0.25) is 10.2 Å². The number of nitrogens with zero attached hydrogens (tertiary/aromatic N) is 1. The third-order valence-electron chi connectivity index (χ3n) is 2.49. The average Bonchev–Trinajstić information content (AvgIpc) is 2.43. The molecule has 0 bridgehead atoms. The van der Waals surface area contributed by atoms with Gasteiger partial charge in [-0.3, -0.25) is 4.79 Å². The molecule has 108 valence electrons. The second-order valence-corrected chi connectivity index (χ2v) is 4.71. The first-order valence-electron chi connectivity index (χ1n) is 5.54. The molecule has 2 aromatic rings. The molecular formula is C13H7Cl2FN2O3. The van der Waals surface area contributed by atoms with Crippen LogP contribution in [-0.4, -0.2) is 22.0 Å². The van der Waals surface area contributed by atoms with E-state index >= 15 is 0 Å². The first kappa shape index (κ1) is 15.2. The average molecular weight is 329 g/mol. The number of rotatable bonds is 3. The summed E-state index contributed by atoms with van der Waals surface area (Å²) >= 11 is 11.5. The second-order valence-electron chi connectivity index (χ2n) is 3.92. The van der Waals surface area contributed by atoms with Gasteiger partial charge in [0.2, 0.25) is 0 Å². The number of hydrogen-bond donors (Lipinski definition) is 2. The second kappa shape index (κ2) is 6.07. The van der Waals surface area contributed by atoms with Gasteiger partial charge in [0, 0.05) is 0 Å². The summed E-state index contributed by atoms with van der Waals surface area (Å²) in [5, 5.41) is 11.1. The molecule has 2 N–H and O–H groups in total. The first-order valence-corrected chi connectivity index (χ1v) is 6.30. The van der Waals surface area contributed by atoms with Crippen molar-refractivity contribution in [3.63, 3.8) is 0 Å². The highest BCUT2D eigenvalue weighted by Crippen LogP contribution is 2.20. The van der Waals surface area contributed by atoms with Crippen LogP contribution < -0.4 is 5.32 Å². The lowest BCUT2D eigenvalue weighted by Crippen LogP contribution is -2.15. The molecular weight excluding hydrogens is 322 g/mol. The maximum absolute atomic E-state index is 13.7. The van der Waals surface area contributed by atoms with Crippen LogP contribution >= 0.6 is 23.2 Å². The summed E-state index contributed by atoms with van der Waals surface area (Å²) in [6.45, 7) is 0. The van der Waals surface area contributed by atoms with Gasteiger partial charge in [-0.1, -0.05) is 23.2 Å². The third-order valence-corrected chi connectivity index (χ3v) is 3.01. The molecule has 1 aromatic heterocycles. The zero-order valence-corrected chi connectivity index (χ0v) is 11.7. The predicted molar refractivity (Wildman–Crippen MR) is 75.6 cm³/mol. The van der Waals surface area contributed by atoms with Crippen LogP contribution in [0.3, 0.4) is 0 Å². The molecule has 21 heavy (non-hydrogen) atoms. The van der Waals surface area contributed by atoms with Crippen LogP contribution in [0, 0.1) is 5.82 Å². The van der Waals surface area contributed by atoms with Crippen molar-refractivity contribution in [1.82, 2.24) is 4.98 Å². The predicted octanol–water partition coefficient (Wildman–Crippen LogP) is 3.48. The Bertz CT molecular complexity index is 737. The number of carboxylic acids is 1. The Morgan fingerprint density at radius 1 is 1.19 bits per heavy atom. The van der Waals surface area contributed by atoms with E-state index in [1.807, 2.05) is 0 Å². The summed E-state index contributed by atoms with van der Waals surface area (Å²) in [5.41, 5.74) is -0.585. The summed E-state index contributed by atoms with van der Waals surface area (Å²) in [5.74, 6) is -2.92. The molecule has 0 fully saturated rings. The minimum absolute atomic E-state index is 0.0551. The molecule has 0 radical (unpaired) electrons. The molecule has 0 saturated carbocycles. The van der Waals surface area contributed by atoms with E-state index < -0.39 is 17.7 Å². The van der Waals surface area contributed by atoms with Crippen molar-refractivity contribution in [3.8, 4) is 0 Å². The van der Waals surface area contributed by atoms with Gasteiger partial charge in [0.15, 0.2) is 0 Å². The van der Waals surface area contributed by atoms with Gasteiger partial charge in [-0.05, 0) is 30.3 Å². The Balaban J connectivity index is 2.27. The maximum Gasteiger partial charge on any atom is 0.335 e. The summed E-state index contributed by atoms with van der Waals surface area (Å²) in [6, 6.07) is 5.88. The van der Waals surface area contributed by atoms with E-state index in [9.17, 15) is 14.0 Å². The number of nitrogens with one attached hydrogen (secondary N) is 1. The van der Waals surface area contributed by atoms with Gasteiger partial charge in [0.25, 0.3) is 5.91 Å². The highest BCUT2D eigenvalue weighted by atomic mass is 35.5. The van der Waals surface area contributed by atoms with E-state index in [0.29, 0.717) is 0 Å². The smallest absolute Gasteiger partial charge is 0.335 e. The van der Waals surface area contributed by atoms with Crippen molar-refractivity contribution in [1.29, 1.82) is 0 Å². The monoisotopic (exact) mass is 328 g/mol. The molecule has 0 atom stereocenters. The lowest BCUT2D eigenvalue weighted by molar-refractivity contribution is 0.0696. The lowest BCUT2D eigenvalue weighted by atomic mass is 10.2. The normalized spacial score (nSPS) is 10.2. The van der Waals surface area contributed by atoms with E-state index in [4.69, 9.17) is 28.3 Å². The molecule has 0 aliphatic heterocycles. The summed E-state index contributed by atoms with van der Waals surface area (Å²) in [7, 11) is 0. The van der Waals surface area contributed by atoms with Gasteiger partial charge < -0.3 is 10.4 Å². The Labute approximate surface area is 128 Å². The molecule has 0 aliphatic carbocycles. The summed E-state index contributed by atoms with van der Waals surface area (Å²) in [6.07, 6.45) is 0. The molecule has 1 heterocycles. The van der Waals surface area contributed by atoms with Crippen LogP contribution in [-0.2, 0) is 0 Å². The first-order chi connectivity index (χ1) is 9.88. The molecule has 8 heteroatoms. The van der Waals surface area contributed by atoms with Gasteiger partial charge in [-0.2, -0.15) is 0 Å². The number of benzene rings is 1. The number of anilines is 1. The van der Waals surface area contributed by atoms with Crippen molar-refractivity contribution < 1.29 is 19.1 Å². The number of pyridine rings is 1. The number of aromatic nitrogens is 1. The largest absolute Gasteiger partial charge is 0.478 e. The van der Waals surface area contributed by atoms with Gasteiger partial charge in [0.1, 0.15) is 16.7 Å². The minimum Gasteiger partial charge on any atom is -0.478 e. The number of carbonyl (C=O) groups is 2. The van der Waals surface area contributed by atoms with Crippen molar-refractivity contribution in [3.05, 3.63) is 57.6 Å². The van der Waals surface area contributed by atoms with E-state index in [1.54, 1.807) is 0 Å². The number of hydrogen-bond acceptors (Lipinski definition) is 3. The SMILES string of the molecule is O=C(O)c1ccc(NC(=O)c2nc(Cl)ccc2Cl)c(F)c1. The Kier molecular flexibility index (Phi) is 4.40.